The molecule has 0 unspecified atom stereocenters. The Morgan fingerprint density at radius 1 is 1.10 bits per heavy atom. The molecule has 0 atom stereocenters. The summed E-state index contributed by atoms with van der Waals surface area (Å²) in [6.07, 6.45) is 0. The number of thioether (sulfide) groups is 1. The third-order valence-electron chi connectivity index (χ3n) is 4.11. The Kier molecular flexibility index (Phi) is 6.98. The summed E-state index contributed by atoms with van der Waals surface area (Å²) in [6, 6.07) is 12.4. The van der Waals surface area contributed by atoms with Gasteiger partial charge in [-0.2, -0.15) is 0 Å². The highest BCUT2D eigenvalue weighted by atomic mass is 32.2. The number of hydrogen-bond donors (Lipinski definition) is 1. The van der Waals surface area contributed by atoms with E-state index >= 15 is 0 Å². The third kappa shape index (κ3) is 5.63. The van der Waals surface area contributed by atoms with E-state index < -0.39 is 0 Å². The molecule has 152 valence electrons. The van der Waals surface area contributed by atoms with Crippen molar-refractivity contribution in [3.63, 3.8) is 0 Å². The molecule has 2 aromatic carbocycles. The van der Waals surface area contributed by atoms with Gasteiger partial charge in [0.1, 0.15) is 11.6 Å². The van der Waals surface area contributed by atoms with E-state index in [9.17, 15) is 13.6 Å². The molecule has 0 saturated carbocycles. The molecule has 0 bridgehead atoms. The normalized spacial score (nSPS) is 11.1. The molecule has 0 aliphatic carbocycles. The Bertz CT molecular complexity index is 973. The molecule has 8 heteroatoms. The van der Waals surface area contributed by atoms with Gasteiger partial charge in [-0.25, -0.2) is 8.78 Å². The topological polar surface area (TPSA) is 59.8 Å². The van der Waals surface area contributed by atoms with Crippen molar-refractivity contribution < 1.29 is 13.6 Å². The monoisotopic (exact) mass is 416 g/mol. The average Bonchev–Trinajstić information content (AvgIpc) is 3.08. The minimum absolute atomic E-state index is 0.148. The summed E-state index contributed by atoms with van der Waals surface area (Å²) in [5.41, 5.74) is 1.20. The molecule has 5 nitrogen and oxygen atoms in total. The van der Waals surface area contributed by atoms with Crippen LogP contribution in [-0.4, -0.2) is 26.4 Å². The zero-order valence-corrected chi connectivity index (χ0v) is 17.0. The van der Waals surface area contributed by atoms with Crippen molar-refractivity contribution in [1.82, 2.24) is 20.1 Å². The van der Waals surface area contributed by atoms with Crippen LogP contribution in [0, 0.1) is 17.6 Å². The van der Waals surface area contributed by atoms with Crippen LogP contribution in [0.25, 0.3) is 11.4 Å². The molecule has 0 radical (unpaired) electrons. The molecule has 1 aromatic heterocycles. The van der Waals surface area contributed by atoms with Crippen LogP contribution in [0.5, 0.6) is 0 Å². The van der Waals surface area contributed by atoms with Gasteiger partial charge in [-0.3, -0.25) is 4.79 Å². The number of rotatable bonds is 8. The summed E-state index contributed by atoms with van der Waals surface area (Å²) in [5.74, 6) is 0.0404. The van der Waals surface area contributed by atoms with Crippen LogP contribution in [0.3, 0.4) is 0 Å². The molecule has 1 N–H and O–H groups in total. The second kappa shape index (κ2) is 9.65. The van der Waals surface area contributed by atoms with E-state index in [1.807, 2.05) is 4.57 Å². The Balaban J connectivity index is 1.67. The minimum atomic E-state index is -0.363. The third-order valence-corrected chi connectivity index (χ3v) is 5.08. The molecule has 0 fully saturated rings. The van der Waals surface area contributed by atoms with Gasteiger partial charge >= 0.3 is 0 Å². The summed E-state index contributed by atoms with van der Waals surface area (Å²) >= 11 is 1.25. The van der Waals surface area contributed by atoms with Gasteiger partial charge in [-0.1, -0.05) is 49.9 Å². The van der Waals surface area contributed by atoms with E-state index in [0.29, 0.717) is 35.6 Å². The summed E-state index contributed by atoms with van der Waals surface area (Å²) in [5, 5.41) is 11.7. The lowest BCUT2D eigenvalue weighted by Gasteiger charge is -2.13. The number of aromatic nitrogens is 3. The summed E-state index contributed by atoms with van der Waals surface area (Å²) < 4.78 is 29.0. The molecule has 1 amide bonds. The van der Waals surface area contributed by atoms with Crippen LogP contribution in [0.4, 0.5) is 8.78 Å². The molecule has 0 aliphatic heterocycles. The highest BCUT2D eigenvalue weighted by molar-refractivity contribution is 7.99. The maximum absolute atomic E-state index is 14.2. The summed E-state index contributed by atoms with van der Waals surface area (Å²) in [6.45, 7) is 5.03. The first kappa shape index (κ1) is 21.0. The van der Waals surface area contributed by atoms with Gasteiger partial charge in [0, 0.05) is 13.1 Å². The Labute approximate surface area is 172 Å². The predicted molar refractivity (Wildman–Crippen MR) is 109 cm³/mol. The molecule has 0 aliphatic rings. The van der Waals surface area contributed by atoms with Crippen molar-refractivity contribution >= 4 is 17.7 Å². The van der Waals surface area contributed by atoms with Crippen molar-refractivity contribution in [3.05, 3.63) is 65.7 Å². The maximum atomic E-state index is 14.2. The van der Waals surface area contributed by atoms with Crippen LogP contribution in [-0.2, 0) is 17.9 Å². The lowest BCUT2D eigenvalue weighted by atomic mass is 10.2. The zero-order valence-electron chi connectivity index (χ0n) is 16.2. The average molecular weight is 416 g/mol. The van der Waals surface area contributed by atoms with Gasteiger partial charge in [-0.15, -0.1) is 10.2 Å². The molecule has 1 heterocycles. The van der Waals surface area contributed by atoms with E-state index in [-0.39, 0.29) is 23.3 Å². The van der Waals surface area contributed by atoms with Crippen molar-refractivity contribution in [3.8, 4) is 11.4 Å². The standard InChI is InChI=1S/C21H22F2N4OS/c1-14(2)12-27-20(17-5-3-4-6-18(17)23)25-26-21(27)29-13-19(28)24-11-15-7-9-16(22)10-8-15/h3-10,14H,11-13H2,1-2H3,(H,24,28). The van der Waals surface area contributed by atoms with Crippen molar-refractivity contribution in [1.29, 1.82) is 0 Å². The molecule has 29 heavy (non-hydrogen) atoms. The number of amides is 1. The quantitative estimate of drug-likeness (QED) is 0.557. The number of halogens is 2. The second-order valence-corrected chi connectivity index (χ2v) is 7.92. The molecular formula is C21H22F2N4OS. The fourth-order valence-corrected chi connectivity index (χ4v) is 3.53. The highest BCUT2D eigenvalue weighted by Crippen LogP contribution is 2.26. The Morgan fingerprint density at radius 2 is 1.83 bits per heavy atom. The van der Waals surface area contributed by atoms with E-state index in [2.05, 4.69) is 29.4 Å². The van der Waals surface area contributed by atoms with Crippen molar-refractivity contribution in [2.24, 2.45) is 5.92 Å². The SMILES string of the molecule is CC(C)Cn1c(SCC(=O)NCc2ccc(F)cc2)nnc1-c1ccccc1F. The summed E-state index contributed by atoms with van der Waals surface area (Å²) in [7, 11) is 0. The number of carbonyl (C=O) groups is 1. The number of nitrogens with one attached hydrogen (secondary N) is 1. The van der Waals surface area contributed by atoms with E-state index in [4.69, 9.17) is 0 Å². The fraction of sp³-hybridized carbons (Fsp3) is 0.286. The maximum Gasteiger partial charge on any atom is 0.230 e. The van der Waals surface area contributed by atoms with Crippen molar-refractivity contribution in [2.45, 2.75) is 32.1 Å². The van der Waals surface area contributed by atoms with Gasteiger partial charge in [-0.05, 0) is 35.7 Å². The van der Waals surface area contributed by atoms with E-state index in [1.54, 1.807) is 30.3 Å². The molecular weight excluding hydrogens is 394 g/mol. The lowest BCUT2D eigenvalue weighted by Crippen LogP contribution is -2.24. The van der Waals surface area contributed by atoms with Crippen LogP contribution < -0.4 is 5.32 Å². The van der Waals surface area contributed by atoms with Crippen LogP contribution in [0.15, 0.2) is 53.7 Å². The van der Waals surface area contributed by atoms with Gasteiger partial charge < -0.3 is 9.88 Å². The molecule has 0 saturated heterocycles. The number of nitrogens with zero attached hydrogens (tertiary/aromatic N) is 3. The van der Waals surface area contributed by atoms with Gasteiger partial charge in [0.15, 0.2) is 11.0 Å². The molecule has 3 rings (SSSR count). The predicted octanol–water partition coefficient (Wildman–Crippen LogP) is 4.29. The fourth-order valence-electron chi connectivity index (χ4n) is 2.75. The first-order chi connectivity index (χ1) is 13.9. The van der Waals surface area contributed by atoms with Crippen LogP contribution in [0.2, 0.25) is 0 Å². The Hall–Kier alpha value is -2.74. The molecule has 3 aromatic rings. The van der Waals surface area contributed by atoms with Crippen LogP contribution >= 0.6 is 11.8 Å². The Morgan fingerprint density at radius 3 is 2.52 bits per heavy atom. The van der Waals surface area contributed by atoms with Gasteiger partial charge in [0.05, 0.1) is 11.3 Å². The van der Waals surface area contributed by atoms with E-state index in [1.165, 1.54) is 30.0 Å². The first-order valence-electron chi connectivity index (χ1n) is 9.26. The first-order valence-corrected chi connectivity index (χ1v) is 10.2. The largest absolute Gasteiger partial charge is 0.351 e. The van der Waals surface area contributed by atoms with Gasteiger partial charge in [0.25, 0.3) is 0 Å². The smallest absolute Gasteiger partial charge is 0.230 e. The molecule has 0 spiro atoms. The lowest BCUT2D eigenvalue weighted by molar-refractivity contribution is -0.118. The van der Waals surface area contributed by atoms with E-state index in [0.717, 1.165) is 5.56 Å². The summed E-state index contributed by atoms with van der Waals surface area (Å²) in [4.78, 5) is 12.2. The number of hydrogen-bond acceptors (Lipinski definition) is 4. The zero-order chi connectivity index (χ0) is 20.8. The van der Waals surface area contributed by atoms with Crippen molar-refractivity contribution in [2.75, 3.05) is 5.75 Å². The van der Waals surface area contributed by atoms with Crippen LogP contribution in [0.1, 0.15) is 19.4 Å². The number of carbonyl (C=O) groups excluding carboxylic acids is 1. The van der Waals surface area contributed by atoms with Gasteiger partial charge in [0.2, 0.25) is 5.91 Å². The second-order valence-electron chi connectivity index (χ2n) is 6.98. The highest BCUT2D eigenvalue weighted by Gasteiger charge is 2.18. The minimum Gasteiger partial charge on any atom is -0.351 e. The number of benzene rings is 2.